The fourth-order valence-corrected chi connectivity index (χ4v) is 1.57. The van der Waals surface area contributed by atoms with Gasteiger partial charge in [-0.2, -0.15) is 0 Å². The summed E-state index contributed by atoms with van der Waals surface area (Å²) in [6, 6.07) is 0. The number of nitrogens with two attached hydrogens (primary N) is 1. The lowest BCUT2D eigenvalue weighted by molar-refractivity contribution is -0.149. The monoisotopic (exact) mass is 258 g/mol. The first-order valence-electron chi connectivity index (χ1n) is 6.54. The Labute approximate surface area is 110 Å². The molecule has 0 fully saturated rings. The molecule has 5 heteroatoms. The maximum atomic E-state index is 12.1. The van der Waals surface area contributed by atoms with Gasteiger partial charge in [0.25, 0.3) is 0 Å². The number of carbonyl (C=O) groups excluding carboxylic acids is 2. The SMILES string of the molecule is CCOC(=O)CN(CC(C)C)C(=O)CC(C)CN. The van der Waals surface area contributed by atoms with Crippen LogP contribution in [0.4, 0.5) is 0 Å². The molecule has 1 atom stereocenters. The van der Waals surface area contributed by atoms with Crippen molar-refractivity contribution in [3.63, 3.8) is 0 Å². The third kappa shape index (κ3) is 7.27. The molecule has 106 valence electrons. The first kappa shape index (κ1) is 16.9. The number of ether oxygens (including phenoxy) is 1. The highest BCUT2D eigenvalue weighted by atomic mass is 16.5. The number of hydrogen-bond acceptors (Lipinski definition) is 4. The van der Waals surface area contributed by atoms with Crippen molar-refractivity contribution >= 4 is 11.9 Å². The number of carbonyl (C=O) groups is 2. The van der Waals surface area contributed by atoms with Gasteiger partial charge in [0.2, 0.25) is 5.91 Å². The number of rotatable bonds is 8. The van der Waals surface area contributed by atoms with Crippen LogP contribution in [0, 0.1) is 11.8 Å². The first-order chi connectivity index (χ1) is 8.40. The topological polar surface area (TPSA) is 72.6 Å². The van der Waals surface area contributed by atoms with Crippen LogP contribution in [0.1, 0.15) is 34.1 Å². The molecule has 0 aliphatic carbocycles. The van der Waals surface area contributed by atoms with Crippen molar-refractivity contribution in [2.45, 2.75) is 34.1 Å². The Morgan fingerprint density at radius 1 is 1.28 bits per heavy atom. The van der Waals surface area contributed by atoms with Gasteiger partial charge in [0, 0.05) is 13.0 Å². The normalized spacial score (nSPS) is 12.3. The van der Waals surface area contributed by atoms with Gasteiger partial charge in [-0.3, -0.25) is 9.59 Å². The lowest BCUT2D eigenvalue weighted by atomic mass is 10.1. The molecule has 1 unspecified atom stereocenters. The van der Waals surface area contributed by atoms with Crippen molar-refractivity contribution in [2.75, 3.05) is 26.2 Å². The molecule has 0 saturated heterocycles. The molecule has 0 aromatic heterocycles. The lowest BCUT2D eigenvalue weighted by Gasteiger charge is -2.24. The number of nitrogens with zero attached hydrogens (tertiary/aromatic N) is 1. The predicted octanol–water partition coefficient (Wildman–Crippen LogP) is 1.02. The summed E-state index contributed by atoms with van der Waals surface area (Å²) in [5.74, 6) is 0.0625. The van der Waals surface area contributed by atoms with Crippen LogP contribution in [-0.4, -0.2) is 43.0 Å². The van der Waals surface area contributed by atoms with Crippen LogP contribution >= 0.6 is 0 Å². The Balaban J connectivity index is 4.46. The average molecular weight is 258 g/mol. The van der Waals surface area contributed by atoms with E-state index in [2.05, 4.69) is 0 Å². The molecule has 18 heavy (non-hydrogen) atoms. The third-order valence-corrected chi connectivity index (χ3v) is 2.49. The van der Waals surface area contributed by atoms with Crippen LogP contribution in [0.15, 0.2) is 0 Å². The van der Waals surface area contributed by atoms with E-state index in [-0.39, 0.29) is 24.3 Å². The van der Waals surface area contributed by atoms with Crippen molar-refractivity contribution < 1.29 is 14.3 Å². The average Bonchev–Trinajstić information content (AvgIpc) is 2.27. The molecule has 0 radical (unpaired) electrons. The van der Waals surface area contributed by atoms with Crippen LogP contribution in [0.2, 0.25) is 0 Å². The van der Waals surface area contributed by atoms with Crippen LogP contribution in [0.25, 0.3) is 0 Å². The molecular weight excluding hydrogens is 232 g/mol. The molecule has 0 aromatic carbocycles. The molecule has 1 amide bonds. The maximum absolute atomic E-state index is 12.1. The van der Waals surface area contributed by atoms with Gasteiger partial charge >= 0.3 is 5.97 Å². The van der Waals surface area contributed by atoms with E-state index in [1.165, 1.54) is 0 Å². The highest BCUT2D eigenvalue weighted by Gasteiger charge is 2.20. The Kier molecular flexibility index (Phi) is 8.37. The molecule has 2 N–H and O–H groups in total. The number of esters is 1. The zero-order chi connectivity index (χ0) is 14.1. The number of hydrogen-bond donors (Lipinski definition) is 1. The van der Waals surface area contributed by atoms with Gasteiger partial charge in [-0.1, -0.05) is 20.8 Å². The molecule has 0 aliphatic rings. The van der Waals surface area contributed by atoms with E-state index in [4.69, 9.17) is 10.5 Å². The van der Waals surface area contributed by atoms with E-state index in [9.17, 15) is 9.59 Å². The van der Waals surface area contributed by atoms with E-state index >= 15 is 0 Å². The van der Waals surface area contributed by atoms with E-state index in [0.29, 0.717) is 32.0 Å². The molecule has 5 nitrogen and oxygen atoms in total. The summed E-state index contributed by atoms with van der Waals surface area (Å²) in [4.78, 5) is 25.1. The first-order valence-corrected chi connectivity index (χ1v) is 6.54. The Morgan fingerprint density at radius 3 is 2.33 bits per heavy atom. The second-order valence-electron chi connectivity index (χ2n) is 5.02. The van der Waals surface area contributed by atoms with Crippen molar-refractivity contribution in [3.05, 3.63) is 0 Å². The standard InChI is InChI=1S/C13H26N2O3/c1-5-18-13(17)9-15(8-10(2)3)12(16)6-11(4)7-14/h10-11H,5-9,14H2,1-4H3. The minimum atomic E-state index is -0.355. The van der Waals surface area contributed by atoms with E-state index in [0.717, 1.165) is 0 Å². The summed E-state index contributed by atoms with van der Waals surface area (Å²) in [6.45, 7) is 9.11. The van der Waals surface area contributed by atoms with Crippen LogP contribution in [0.3, 0.4) is 0 Å². The van der Waals surface area contributed by atoms with E-state index in [1.807, 2.05) is 20.8 Å². The second-order valence-corrected chi connectivity index (χ2v) is 5.02. The molecule has 0 rings (SSSR count). The van der Waals surface area contributed by atoms with Crippen molar-refractivity contribution in [1.29, 1.82) is 0 Å². The molecule has 0 heterocycles. The smallest absolute Gasteiger partial charge is 0.325 e. The van der Waals surface area contributed by atoms with Gasteiger partial charge in [-0.15, -0.1) is 0 Å². The van der Waals surface area contributed by atoms with Gasteiger partial charge in [0.05, 0.1) is 6.61 Å². The molecule has 0 aromatic rings. The minimum absolute atomic E-state index is 0.0299. The highest BCUT2D eigenvalue weighted by molar-refractivity contribution is 5.82. The molecule has 0 spiro atoms. The van der Waals surface area contributed by atoms with Crippen molar-refractivity contribution in [1.82, 2.24) is 4.90 Å². The predicted molar refractivity (Wildman–Crippen MR) is 70.9 cm³/mol. The van der Waals surface area contributed by atoms with Gasteiger partial charge < -0.3 is 15.4 Å². The largest absolute Gasteiger partial charge is 0.465 e. The van der Waals surface area contributed by atoms with E-state index in [1.54, 1.807) is 11.8 Å². The summed E-state index contributed by atoms with van der Waals surface area (Å²) in [6.07, 6.45) is 0.378. The third-order valence-electron chi connectivity index (χ3n) is 2.49. The van der Waals surface area contributed by atoms with Gasteiger partial charge in [0.15, 0.2) is 0 Å². The van der Waals surface area contributed by atoms with Gasteiger partial charge in [0.1, 0.15) is 6.54 Å². The van der Waals surface area contributed by atoms with Crippen LogP contribution < -0.4 is 5.73 Å². The summed E-state index contributed by atoms with van der Waals surface area (Å²) in [7, 11) is 0. The fraction of sp³-hybridized carbons (Fsp3) is 0.846. The lowest BCUT2D eigenvalue weighted by Crippen LogP contribution is -2.40. The summed E-state index contributed by atoms with van der Waals surface area (Å²) >= 11 is 0. The quantitative estimate of drug-likeness (QED) is 0.660. The fourth-order valence-electron chi connectivity index (χ4n) is 1.57. The van der Waals surface area contributed by atoms with E-state index < -0.39 is 0 Å². The molecule has 0 saturated carbocycles. The zero-order valence-corrected chi connectivity index (χ0v) is 11.9. The van der Waals surface area contributed by atoms with Crippen LogP contribution in [0.5, 0.6) is 0 Å². The maximum Gasteiger partial charge on any atom is 0.325 e. The Hall–Kier alpha value is -1.10. The second kappa shape index (κ2) is 8.91. The number of amides is 1. The van der Waals surface area contributed by atoms with Crippen molar-refractivity contribution in [3.8, 4) is 0 Å². The Bertz CT molecular complexity index is 267. The van der Waals surface area contributed by atoms with Crippen molar-refractivity contribution in [2.24, 2.45) is 17.6 Å². The molecular formula is C13H26N2O3. The van der Waals surface area contributed by atoms with Crippen LogP contribution in [-0.2, 0) is 14.3 Å². The van der Waals surface area contributed by atoms with Gasteiger partial charge in [-0.05, 0) is 25.3 Å². The highest BCUT2D eigenvalue weighted by Crippen LogP contribution is 2.07. The van der Waals surface area contributed by atoms with Gasteiger partial charge in [-0.25, -0.2) is 0 Å². The minimum Gasteiger partial charge on any atom is -0.465 e. The summed E-state index contributed by atoms with van der Waals surface area (Å²) in [5.41, 5.74) is 5.51. The molecule has 0 aliphatic heterocycles. The summed E-state index contributed by atoms with van der Waals surface area (Å²) in [5, 5.41) is 0. The zero-order valence-electron chi connectivity index (χ0n) is 11.9. The Morgan fingerprint density at radius 2 is 1.89 bits per heavy atom. The molecule has 0 bridgehead atoms. The summed E-state index contributed by atoms with van der Waals surface area (Å²) < 4.78 is 4.88.